The van der Waals surface area contributed by atoms with Crippen molar-refractivity contribution in [1.29, 1.82) is 5.26 Å². The first-order valence-corrected chi connectivity index (χ1v) is 6.23. The van der Waals surface area contributed by atoms with Gasteiger partial charge in [-0.1, -0.05) is 23.9 Å². The molecule has 1 aromatic carbocycles. The van der Waals surface area contributed by atoms with Crippen molar-refractivity contribution in [1.82, 2.24) is 9.97 Å². The molecule has 0 aliphatic carbocycles. The largest absolute Gasteiger partial charge is 0.300 e. The van der Waals surface area contributed by atoms with Crippen molar-refractivity contribution >= 4 is 11.8 Å². The predicted molar refractivity (Wildman–Crippen MR) is 66.7 cm³/mol. The molecule has 0 bridgehead atoms. The zero-order valence-corrected chi connectivity index (χ0v) is 10.2. The number of H-pyrrole nitrogens is 1. The molecule has 0 spiro atoms. The second-order valence-electron chi connectivity index (χ2n) is 3.39. The number of nitrogens with one attached hydrogen (secondary N) is 1. The molecule has 18 heavy (non-hydrogen) atoms. The summed E-state index contributed by atoms with van der Waals surface area (Å²) in [6.07, 6.45) is 1.73. The lowest BCUT2D eigenvalue weighted by Gasteiger charge is -2.05. The third-order valence-electron chi connectivity index (χ3n) is 2.33. The molecule has 0 atom stereocenters. The molecule has 0 amide bonds. The number of hydrogen-bond donors (Lipinski definition) is 1. The van der Waals surface area contributed by atoms with E-state index in [1.54, 1.807) is 18.4 Å². The molecule has 0 aliphatic rings. The Kier molecular flexibility index (Phi) is 3.44. The summed E-state index contributed by atoms with van der Waals surface area (Å²) in [5.41, 5.74) is -0.521. The Morgan fingerprint density at radius 3 is 2.78 bits per heavy atom. The minimum atomic E-state index is -0.560. The highest BCUT2D eigenvalue weighted by Crippen LogP contribution is 2.23. The van der Waals surface area contributed by atoms with Gasteiger partial charge in [0.05, 0.1) is 5.69 Å². The fourth-order valence-corrected chi connectivity index (χ4v) is 1.88. The van der Waals surface area contributed by atoms with Gasteiger partial charge in [0.15, 0.2) is 5.16 Å². The van der Waals surface area contributed by atoms with E-state index >= 15 is 0 Å². The monoisotopic (exact) mass is 261 g/mol. The zero-order valence-electron chi connectivity index (χ0n) is 9.40. The van der Waals surface area contributed by atoms with Gasteiger partial charge >= 0.3 is 0 Å². The van der Waals surface area contributed by atoms with E-state index in [2.05, 4.69) is 9.97 Å². The van der Waals surface area contributed by atoms with Gasteiger partial charge < -0.3 is 4.98 Å². The summed E-state index contributed by atoms with van der Waals surface area (Å²) >= 11 is 1.22. The zero-order chi connectivity index (χ0) is 13.1. The van der Waals surface area contributed by atoms with Crippen LogP contribution in [0.4, 0.5) is 4.39 Å². The second kappa shape index (κ2) is 5.02. The van der Waals surface area contributed by atoms with Gasteiger partial charge in [0.2, 0.25) is 0 Å². The van der Waals surface area contributed by atoms with Gasteiger partial charge in [0.25, 0.3) is 5.56 Å². The minimum absolute atomic E-state index is 0.0729. The molecule has 1 N–H and O–H groups in total. The Balaban J connectivity index is 2.78. The molecule has 90 valence electrons. The van der Waals surface area contributed by atoms with Crippen LogP contribution in [-0.4, -0.2) is 16.2 Å². The smallest absolute Gasteiger partial charge is 0.270 e. The molecule has 0 saturated carbocycles. The SMILES string of the molecule is CSc1nc(-c2ccccc2F)c(C#N)c(=O)[nH]1. The lowest BCUT2D eigenvalue weighted by molar-refractivity contribution is 0.630. The van der Waals surface area contributed by atoms with Gasteiger partial charge in [-0.2, -0.15) is 5.26 Å². The molecule has 0 fully saturated rings. The van der Waals surface area contributed by atoms with Crippen molar-refractivity contribution in [2.75, 3.05) is 6.26 Å². The summed E-state index contributed by atoms with van der Waals surface area (Å²) in [7, 11) is 0. The summed E-state index contributed by atoms with van der Waals surface area (Å²) in [6, 6.07) is 7.67. The van der Waals surface area contributed by atoms with Crippen molar-refractivity contribution in [3.05, 3.63) is 46.0 Å². The van der Waals surface area contributed by atoms with Crippen LogP contribution in [0.5, 0.6) is 0 Å². The predicted octanol–water partition coefficient (Wildman–Crippen LogP) is 2.17. The fourth-order valence-electron chi connectivity index (χ4n) is 1.50. The number of hydrogen-bond acceptors (Lipinski definition) is 4. The van der Waals surface area contributed by atoms with Gasteiger partial charge in [-0.15, -0.1) is 0 Å². The normalized spacial score (nSPS) is 10.1. The Hall–Kier alpha value is -2.13. The lowest BCUT2D eigenvalue weighted by atomic mass is 10.1. The van der Waals surface area contributed by atoms with E-state index in [1.165, 1.54) is 30.0 Å². The molecule has 0 aliphatic heterocycles. The topological polar surface area (TPSA) is 69.5 Å². The molecular weight excluding hydrogens is 253 g/mol. The lowest BCUT2D eigenvalue weighted by Crippen LogP contribution is -2.14. The molecule has 2 aromatic rings. The first kappa shape index (κ1) is 12.3. The highest BCUT2D eigenvalue weighted by atomic mass is 32.2. The molecule has 0 saturated heterocycles. The van der Waals surface area contributed by atoms with E-state index < -0.39 is 11.4 Å². The Morgan fingerprint density at radius 1 is 1.44 bits per heavy atom. The molecule has 0 radical (unpaired) electrons. The van der Waals surface area contributed by atoms with Crippen LogP contribution in [0.3, 0.4) is 0 Å². The van der Waals surface area contributed by atoms with Crippen LogP contribution in [0.25, 0.3) is 11.3 Å². The van der Waals surface area contributed by atoms with Crippen LogP contribution < -0.4 is 5.56 Å². The van der Waals surface area contributed by atoms with Crippen LogP contribution in [0.15, 0.2) is 34.2 Å². The van der Waals surface area contributed by atoms with Crippen molar-refractivity contribution in [3.63, 3.8) is 0 Å². The standard InChI is InChI=1S/C12H8FN3OS/c1-18-12-15-10(8(6-14)11(17)16-12)7-4-2-3-5-9(7)13/h2-5H,1H3,(H,15,16,17). The van der Waals surface area contributed by atoms with Gasteiger partial charge in [-0.3, -0.25) is 4.79 Å². The summed E-state index contributed by atoms with van der Waals surface area (Å²) in [6.45, 7) is 0. The number of aromatic amines is 1. The number of benzene rings is 1. The minimum Gasteiger partial charge on any atom is -0.300 e. The summed E-state index contributed by atoms with van der Waals surface area (Å²) in [5, 5.41) is 9.32. The van der Waals surface area contributed by atoms with Crippen LogP contribution in [-0.2, 0) is 0 Å². The molecule has 4 nitrogen and oxygen atoms in total. The quantitative estimate of drug-likeness (QED) is 0.664. The molecule has 6 heteroatoms. The van der Waals surface area contributed by atoms with E-state index in [-0.39, 0.29) is 16.8 Å². The first-order valence-electron chi connectivity index (χ1n) is 5.00. The second-order valence-corrected chi connectivity index (χ2v) is 4.19. The molecule has 1 aromatic heterocycles. The first-order chi connectivity index (χ1) is 8.67. The Bertz CT molecular complexity index is 690. The number of thioether (sulfide) groups is 1. The fraction of sp³-hybridized carbons (Fsp3) is 0.0833. The highest BCUT2D eigenvalue weighted by Gasteiger charge is 2.15. The van der Waals surface area contributed by atoms with Crippen molar-refractivity contribution in [2.45, 2.75) is 5.16 Å². The number of nitriles is 1. The maximum Gasteiger partial charge on any atom is 0.270 e. The average Bonchev–Trinajstić information content (AvgIpc) is 2.38. The van der Waals surface area contributed by atoms with Gasteiger partial charge in [0.1, 0.15) is 17.4 Å². The van der Waals surface area contributed by atoms with Gasteiger partial charge in [0, 0.05) is 5.56 Å². The third-order valence-corrected chi connectivity index (χ3v) is 2.91. The summed E-state index contributed by atoms with van der Waals surface area (Å²) in [5.74, 6) is -0.515. The van der Waals surface area contributed by atoms with E-state index in [0.29, 0.717) is 5.16 Å². The Labute approximate surface area is 107 Å². The van der Waals surface area contributed by atoms with E-state index in [0.717, 1.165) is 0 Å². The van der Waals surface area contributed by atoms with Gasteiger partial charge in [-0.25, -0.2) is 9.37 Å². The molecule has 2 rings (SSSR count). The number of halogens is 1. The van der Waals surface area contributed by atoms with E-state index in [9.17, 15) is 9.18 Å². The maximum absolute atomic E-state index is 13.7. The van der Waals surface area contributed by atoms with Crippen LogP contribution in [0, 0.1) is 17.1 Å². The van der Waals surface area contributed by atoms with E-state index in [1.807, 2.05) is 0 Å². The van der Waals surface area contributed by atoms with Crippen LogP contribution in [0.1, 0.15) is 5.56 Å². The number of rotatable bonds is 2. The van der Waals surface area contributed by atoms with Crippen LogP contribution in [0.2, 0.25) is 0 Å². The molecule has 1 heterocycles. The van der Waals surface area contributed by atoms with E-state index in [4.69, 9.17) is 5.26 Å². The third kappa shape index (κ3) is 2.13. The number of aromatic nitrogens is 2. The van der Waals surface area contributed by atoms with Crippen molar-refractivity contribution in [2.24, 2.45) is 0 Å². The summed E-state index contributed by atoms with van der Waals surface area (Å²) < 4.78 is 13.7. The van der Waals surface area contributed by atoms with Crippen LogP contribution >= 0.6 is 11.8 Å². The van der Waals surface area contributed by atoms with Crippen molar-refractivity contribution in [3.8, 4) is 17.3 Å². The molecule has 0 unspecified atom stereocenters. The molecular formula is C12H8FN3OS. The number of nitrogens with zero attached hydrogens (tertiary/aromatic N) is 2. The highest BCUT2D eigenvalue weighted by molar-refractivity contribution is 7.98. The average molecular weight is 261 g/mol. The Morgan fingerprint density at radius 2 is 2.17 bits per heavy atom. The summed E-state index contributed by atoms with van der Waals surface area (Å²) in [4.78, 5) is 18.2. The van der Waals surface area contributed by atoms with Gasteiger partial charge in [-0.05, 0) is 18.4 Å². The maximum atomic E-state index is 13.7. The van der Waals surface area contributed by atoms with Crippen molar-refractivity contribution < 1.29 is 4.39 Å².